The molecule has 0 aliphatic rings. The molecule has 1 N–H and O–H groups in total. The van der Waals surface area contributed by atoms with Crippen molar-refractivity contribution < 1.29 is 14.6 Å². The zero-order valence-corrected chi connectivity index (χ0v) is 14.6. The molecule has 3 nitrogen and oxygen atoms in total. The van der Waals surface area contributed by atoms with Gasteiger partial charge in [-0.3, -0.25) is 4.79 Å². The van der Waals surface area contributed by atoms with E-state index >= 15 is 0 Å². The van der Waals surface area contributed by atoms with Gasteiger partial charge < -0.3 is 9.84 Å². The first-order chi connectivity index (χ1) is 9.89. The van der Waals surface area contributed by atoms with Crippen LogP contribution >= 0.6 is 0 Å². The maximum absolute atomic E-state index is 10.8. The van der Waals surface area contributed by atoms with Gasteiger partial charge in [0.2, 0.25) is 0 Å². The quantitative estimate of drug-likeness (QED) is 0.435. The molecule has 1 unspecified atom stereocenters. The second kappa shape index (κ2) is 12.0. The minimum Gasteiger partial charge on any atom is -0.481 e. The lowest BCUT2D eigenvalue weighted by molar-refractivity contribution is -0.141. The van der Waals surface area contributed by atoms with Gasteiger partial charge in [-0.15, -0.1) is 0 Å². The first-order valence-electron chi connectivity index (χ1n) is 8.76. The van der Waals surface area contributed by atoms with Crippen LogP contribution in [0, 0.1) is 5.92 Å². The van der Waals surface area contributed by atoms with Crippen molar-refractivity contribution in [3.05, 3.63) is 0 Å². The SMILES string of the molecule is CCCCCCCCCCOC(C)(C)CCC(C)C(=O)O. The van der Waals surface area contributed by atoms with Crippen molar-refractivity contribution in [2.24, 2.45) is 5.92 Å². The maximum Gasteiger partial charge on any atom is 0.306 e. The van der Waals surface area contributed by atoms with Gasteiger partial charge in [-0.25, -0.2) is 0 Å². The van der Waals surface area contributed by atoms with Crippen LogP contribution in [-0.4, -0.2) is 23.3 Å². The first kappa shape index (κ1) is 20.4. The molecule has 21 heavy (non-hydrogen) atoms. The van der Waals surface area contributed by atoms with E-state index in [-0.39, 0.29) is 11.5 Å². The minimum atomic E-state index is -0.714. The molecule has 0 amide bonds. The van der Waals surface area contributed by atoms with Gasteiger partial charge in [-0.1, -0.05) is 58.8 Å². The van der Waals surface area contributed by atoms with Crippen LogP contribution in [0.15, 0.2) is 0 Å². The Labute approximate surface area is 131 Å². The molecule has 3 heteroatoms. The molecule has 126 valence electrons. The molecule has 0 fully saturated rings. The van der Waals surface area contributed by atoms with Crippen molar-refractivity contribution >= 4 is 5.97 Å². The number of carbonyl (C=O) groups is 1. The molecule has 0 aromatic carbocycles. The van der Waals surface area contributed by atoms with E-state index in [2.05, 4.69) is 20.8 Å². The zero-order valence-electron chi connectivity index (χ0n) is 14.6. The monoisotopic (exact) mass is 300 g/mol. The average Bonchev–Trinajstić information content (AvgIpc) is 2.43. The van der Waals surface area contributed by atoms with Crippen LogP contribution < -0.4 is 0 Å². The summed E-state index contributed by atoms with van der Waals surface area (Å²) in [6.07, 6.45) is 11.9. The second-order valence-electron chi connectivity index (χ2n) is 6.86. The summed E-state index contributed by atoms with van der Waals surface area (Å²) in [5.41, 5.74) is -0.204. The van der Waals surface area contributed by atoms with E-state index in [0.29, 0.717) is 6.42 Å². The maximum atomic E-state index is 10.8. The molecule has 0 radical (unpaired) electrons. The van der Waals surface area contributed by atoms with Gasteiger partial charge in [0.05, 0.1) is 11.5 Å². The van der Waals surface area contributed by atoms with E-state index < -0.39 is 5.97 Å². The van der Waals surface area contributed by atoms with E-state index in [4.69, 9.17) is 9.84 Å². The third kappa shape index (κ3) is 12.9. The molecule has 0 aliphatic carbocycles. The second-order valence-corrected chi connectivity index (χ2v) is 6.86. The molecule has 0 spiro atoms. The molecule has 0 aliphatic heterocycles. The third-order valence-electron chi connectivity index (χ3n) is 4.09. The Bertz CT molecular complexity index is 261. The summed E-state index contributed by atoms with van der Waals surface area (Å²) < 4.78 is 5.91. The highest BCUT2D eigenvalue weighted by Crippen LogP contribution is 2.21. The van der Waals surface area contributed by atoms with Crippen molar-refractivity contribution in [2.45, 2.75) is 97.5 Å². The summed E-state index contributed by atoms with van der Waals surface area (Å²) in [5.74, 6) is -0.995. The lowest BCUT2D eigenvalue weighted by Gasteiger charge is -2.26. The van der Waals surface area contributed by atoms with Crippen molar-refractivity contribution in [1.29, 1.82) is 0 Å². The summed E-state index contributed by atoms with van der Waals surface area (Å²) in [5, 5.41) is 8.89. The van der Waals surface area contributed by atoms with Crippen molar-refractivity contribution in [2.75, 3.05) is 6.61 Å². The fourth-order valence-corrected chi connectivity index (χ4v) is 2.34. The Morgan fingerprint density at radius 1 is 1.05 bits per heavy atom. The predicted octanol–water partition coefficient (Wildman–Crippen LogP) is 5.42. The Hall–Kier alpha value is -0.570. The summed E-state index contributed by atoms with van der Waals surface area (Å²) >= 11 is 0. The fraction of sp³-hybridized carbons (Fsp3) is 0.944. The lowest BCUT2D eigenvalue weighted by Crippen LogP contribution is -2.26. The predicted molar refractivity (Wildman–Crippen MR) is 88.7 cm³/mol. The minimum absolute atomic E-state index is 0.204. The molecule has 0 heterocycles. The molecular formula is C18H36O3. The number of hydrogen-bond acceptors (Lipinski definition) is 2. The van der Waals surface area contributed by atoms with Crippen LogP contribution in [-0.2, 0) is 9.53 Å². The van der Waals surface area contributed by atoms with Gasteiger partial charge in [0.25, 0.3) is 0 Å². The summed E-state index contributed by atoms with van der Waals surface area (Å²) in [7, 11) is 0. The van der Waals surface area contributed by atoms with Crippen LogP contribution in [0.1, 0.15) is 91.9 Å². The highest BCUT2D eigenvalue weighted by Gasteiger charge is 2.21. The van der Waals surface area contributed by atoms with Crippen LogP contribution in [0.2, 0.25) is 0 Å². The van der Waals surface area contributed by atoms with Gasteiger partial charge >= 0.3 is 5.97 Å². The number of rotatable bonds is 14. The number of aliphatic carboxylic acids is 1. The van der Waals surface area contributed by atoms with E-state index in [0.717, 1.165) is 19.4 Å². The lowest BCUT2D eigenvalue weighted by atomic mass is 9.96. The van der Waals surface area contributed by atoms with Crippen LogP contribution in [0.3, 0.4) is 0 Å². The first-order valence-corrected chi connectivity index (χ1v) is 8.76. The highest BCUT2D eigenvalue weighted by atomic mass is 16.5. The summed E-state index contributed by atoms with van der Waals surface area (Å²) in [4.78, 5) is 10.8. The Balaban J connectivity index is 3.50. The number of unbranched alkanes of at least 4 members (excludes halogenated alkanes) is 7. The van der Waals surface area contributed by atoms with E-state index in [9.17, 15) is 4.79 Å². The van der Waals surface area contributed by atoms with E-state index in [1.165, 1.54) is 44.9 Å². The average molecular weight is 300 g/mol. The number of ether oxygens (including phenoxy) is 1. The standard InChI is InChI=1S/C18H36O3/c1-5-6-7-8-9-10-11-12-15-21-18(3,4)14-13-16(2)17(19)20/h16H,5-15H2,1-4H3,(H,19,20). The van der Waals surface area contributed by atoms with Crippen LogP contribution in [0.4, 0.5) is 0 Å². The van der Waals surface area contributed by atoms with Gasteiger partial charge in [-0.2, -0.15) is 0 Å². The van der Waals surface area contributed by atoms with Gasteiger partial charge in [0.1, 0.15) is 0 Å². The molecule has 0 aromatic heterocycles. The van der Waals surface area contributed by atoms with Gasteiger partial charge in [-0.05, 0) is 33.1 Å². The molecular weight excluding hydrogens is 264 g/mol. The number of carboxylic acids is 1. The fourth-order valence-electron chi connectivity index (χ4n) is 2.34. The molecule has 1 atom stereocenters. The zero-order chi connectivity index (χ0) is 16.1. The highest BCUT2D eigenvalue weighted by molar-refractivity contribution is 5.69. The topological polar surface area (TPSA) is 46.5 Å². The van der Waals surface area contributed by atoms with Crippen molar-refractivity contribution in [3.8, 4) is 0 Å². The molecule has 0 saturated heterocycles. The van der Waals surface area contributed by atoms with Gasteiger partial charge in [0.15, 0.2) is 0 Å². The molecule has 0 aromatic rings. The Morgan fingerprint density at radius 3 is 2.10 bits per heavy atom. The van der Waals surface area contributed by atoms with E-state index in [1.807, 2.05) is 0 Å². The van der Waals surface area contributed by atoms with Crippen molar-refractivity contribution in [1.82, 2.24) is 0 Å². The van der Waals surface area contributed by atoms with Crippen LogP contribution in [0.5, 0.6) is 0 Å². The number of hydrogen-bond donors (Lipinski definition) is 1. The van der Waals surface area contributed by atoms with E-state index in [1.54, 1.807) is 6.92 Å². The molecule has 0 saturated carbocycles. The van der Waals surface area contributed by atoms with Gasteiger partial charge in [0, 0.05) is 6.61 Å². The normalized spacial score (nSPS) is 13.3. The Kier molecular flexibility index (Phi) is 11.7. The largest absolute Gasteiger partial charge is 0.481 e. The smallest absolute Gasteiger partial charge is 0.306 e. The van der Waals surface area contributed by atoms with Crippen LogP contribution in [0.25, 0.3) is 0 Å². The summed E-state index contributed by atoms with van der Waals surface area (Å²) in [6.45, 7) is 8.93. The summed E-state index contributed by atoms with van der Waals surface area (Å²) in [6, 6.07) is 0. The number of carboxylic acid groups (broad SMARTS) is 1. The molecule has 0 bridgehead atoms. The third-order valence-corrected chi connectivity index (χ3v) is 4.09. The Morgan fingerprint density at radius 2 is 1.57 bits per heavy atom. The molecule has 0 rings (SSSR count). The van der Waals surface area contributed by atoms with Crippen molar-refractivity contribution in [3.63, 3.8) is 0 Å².